The molecule has 2 aromatic carbocycles. The molecule has 0 spiro atoms. The van der Waals surface area contributed by atoms with E-state index in [1.165, 1.54) is 30.3 Å². The summed E-state index contributed by atoms with van der Waals surface area (Å²) in [7, 11) is 0. The Morgan fingerprint density at radius 2 is 1.88 bits per heavy atom. The first-order chi connectivity index (χ1) is 11.4. The molecule has 0 fully saturated rings. The zero-order chi connectivity index (χ0) is 17.3. The molecule has 0 aliphatic heterocycles. The second-order valence-electron chi connectivity index (χ2n) is 4.93. The van der Waals surface area contributed by atoms with Gasteiger partial charge in [0.1, 0.15) is 11.1 Å². The summed E-state index contributed by atoms with van der Waals surface area (Å²) in [6, 6.07) is 11.8. The molecule has 0 bridgehead atoms. The summed E-state index contributed by atoms with van der Waals surface area (Å²) < 4.78 is 5.32. The van der Waals surface area contributed by atoms with Gasteiger partial charge in [-0.2, -0.15) is 0 Å². The van der Waals surface area contributed by atoms with Crippen molar-refractivity contribution in [1.82, 2.24) is 0 Å². The highest BCUT2D eigenvalue weighted by Gasteiger charge is 2.13. The van der Waals surface area contributed by atoms with E-state index in [2.05, 4.69) is 5.32 Å². The Morgan fingerprint density at radius 1 is 1.17 bits per heavy atom. The Bertz CT molecular complexity index is 1010. The average Bonchev–Trinajstić information content (AvgIpc) is 2.55. The second-order valence-corrected chi connectivity index (χ2v) is 5.37. The molecule has 1 heterocycles. The first-order valence-electron chi connectivity index (χ1n) is 6.78. The molecule has 2 N–H and O–H groups in total. The Morgan fingerprint density at radius 3 is 2.54 bits per heavy atom. The smallest absolute Gasteiger partial charge is 0.269 e. The number of nitro benzene ring substituents is 1. The molecule has 3 aromatic rings. The van der Waals surface area contributed by atoms with E-state index >= 15 is 0 Å². The van der Waals surface area contributed by atoms with Crippen LogP contribution in [0.5, 0.6) is 0 Å². The van der Waals surface area contributed by atoms with Crippen molar-refractivity contribution >= 4 is 39.9 Å². The van der Waals surface area contributed by atoms with Crippen LogP contribution in [0.4, 0.5) is 11.4 Å². The molecule has 0 aliphatic carbocycles. The molecule has 8 heteroatoms. The van der Waals surface area contributed by atoms with Gasteiger partial charge in [-0.1, -0.05) is 11.6 Å². The molecule has 0 unspecified atom stereocenters. The van der Waals surface area contributed by atoms with Gasteiger partial charge in [-0.3, -0.25) is 20.3 Å². The van der Waals surface area contributed by atoms with Crippen LogP contribution in [0.3, 0.4) is 0 Å². The molecule has 24 heavy (non-hydrogen) atoms. The maximum absolute atomic E-state index is 12.3. The van der Waals surface area contributed by atoms with Crippen molar-refractivity contribution in [2.75, 3.05) is 5.32 Å². The third-order valence-corrected chi connectivity index (χ3v) is 3.54. The van der Waals surface area contributed by atoms with E-state index in [4.69, 9.17) is 21.4 Å². The molecule has 0 atom stereocenters. The molecule has 3 rings (SSSR count). The number of nitro groups is 1. The van der Waals surface area contributed by atoms with Gasteiger partial charge in [0.15, 0.2) is 0 Å². The fourth-order valence-corrected chi connectivity index (χ4v) is 2.33. The molecule has 1 aromatic heterocycles. The number of anilines is 1. The summed E-state index contributed by atoms with van der Waals surface area (Å²) >= 11 is 5.92. The Balaban J connectivity index is 1.91. The van der Waals surface area contributed by atoms with Crippen LogP contribution in [0.1, 0.15) is 10.4 Å². The zero-order valence-electron chi connectivity index (χ0n) is 12.1. The maximum Gasteiger partial charge on any atom is 0.269 e. The van der Waals surface area contributed by atoms with Gasteiger partial charge in [-0.05, 0) is 36.4 Å². The van der Waals surface area contributed by atoms with Gasteiger partial charge in [-0.25, -0.2) is 0 Å². The molecule has 0 radical (unpaired) electrons. The lowest BCUT2D eigenvalue weighted by molar-refractivity contribution is -0.384. The van der Waals surface area contributed by atoms with Crippen LogP contribution in [-0.2, 0) is 0 Å². The summed E-state index contributed by atoms with van der Waals surface area (Å²) in [5.74, 6) is -0.556. The number of carbonyl (C=O) groups is 1. The Hall–Kier alpha value is -3.19. The number of hydrogen-bond acceptors (Lipinski definition) is 5. The van der Waals surface area contributed by atoms with Crippen LogP contribution in [0.15, 0.2) is 52.9 Å². The van der Waals surface area contributed by atoms with Crippen molar-refractivity contribution in [3.05, 3.63) is 74.8 Å². The van der Waals surface area contributed by atoms with Crippen molar-refractivity contribution in [1.29, 1.82) is 5.41 Å². The molecular weight excluding hydrogens is 334 g/mol. The third kappa shape index (κ3) is 3.11. The number of nitrogens with one attached hydrogen (secondary N) is 2. The summed E-state index contributed by atoms with van der Waals surface area (Å²) in [6.07, 6.45) is 0. The lowest BCUT2D eigenvalue weighted by Gasteiger charge is -2.06. The van der Waals surface area contributed by atoms with Gasteiger partial charge in [0.25, 0.3) is 11.6 Å². The number of halogens is 1. The van der Waals surface area contributed by atoms with Gasteiger partial charge in [0.05, 0.1) is 4.92 Å². The van der Waals surface area contributed by atoms with Gasteiger partial charge >= 0.3 is 0 Å². The number of hydrogen-bond donors (Lipinski definition) is 2. The normalized spacial score (nSPS) is 10.5. The highest BCUT2D eigenvalue weighted by atomic mass is 35.5. The van der Waals surface area contributed by atoms with E-state index in [9.17, 15) is 14.9 Å². The van der Waals surface area contributed by atoms with Crippen molar-refractivity contribution < 1.29 is 14.1 Å². The summed E-state index contributed by atoms with van der Waals surface area (Å²) in [6.45, 7) is 0. The fraction of sp³-hybridized carbons (Fsp3) is 0. The van der Waals surface area contributed by atoms with E-state index in [1.807, 2.05) is 0 Å². The largest absolute Gasteiger partial charge is 0.438 e. The molecular formula is C16H10ClN3O4. The van der Waals surface area contributed by atoms with Crippen molar-refractivity contribution in [3.63, 3.8) is 0 Å². The minimum absolute atomic E-state index is 0.0307. The van der Waals surface area contributed by atoms with Gasteiger partial charge in [-0.15, -0.1) is 0 Å². The van der Waals surface area contributed by atoms with Crippen LogP contribution in [0.2, 0.25) is 5.02 Å². The number of carbonyl (C=O) groups excluding carboxylic acids is 1. The van der Waals surface area contributed by atoms with Gasteiger partial charge < -0.3 is 9.73 Å². The topological polar surface area (TPSA) is 109 Å². The highest BCUT2D eigenvalue weighted by Crippen LogP contribution is 2.20. The average molecular weight is 344 g/mol. The standard InChI is InChI=1S/C16H10ClN3O4/c17-10-1-6-14-9(7-10)8-13(15(18)24-14)16(21)19-11-2-4-12(5-3-11)20(22)23/h1-8,18H,(H,19,21). The predicted octanol–water partition coefficient (Wildman–Crippen LogP) is 3.73. The van der Waals surface area contributed by atoms with Gasteiger partial charge in [0.2, 0.25) is 5.55 Å². The quantitative estimate of drug-likeness (QED) is 0.557. The summed E-state index contributed by atoms with van der Waals surface area (Å²) in [5, 5.41) is 22.1. The molecule has 0 aliphatic rings. The number of fused-ring (bicyclic) bond motifs is 1. The first kappa shape index (κ1) is 15.7. The van der Waals surface area contributed by atoms with Crippen LogP contribution in [0.25, 0.3) is 11.0 Å². The highest BCUT2D eigenvalue weighted by molar-refractivity contribution is 6.31. The van der Waals surface area contributed by atoms with E-state index < -0.39 is 10.8 Å². The molecule has 7 nitrogen and oxygen atoms in total. The van der Waals surface area contributed by atoms with Crippen LogP contribution in [-0.4, -0.2) is 10.8 Å². The molecule has 120 valence electrons. The van der Waals surface area contributed by atoms with E-state index in [-0.39, 0.29) is 16.8 Å². The van der Waals surface area contributed by atoms with Crippen LogP contribution in [0, 0.1) is 15.5 Å². The first-order valence-corrected chi connectivity index (χ1v) is 7.15. The van der Waals surface area contributed by atoms with Crippen molar-refractivity contribution in [2.45, 2.75) is 0 Å². The van der Waals surface area contributed by atoms with Gasteiger partial charge in [0, 0.05) is 28.2 Å². The zero-order valence-corrected chi connectivity index (χ0v) is 12.8. The number of non-ortho nitro benzene ring substituents is 1. The Kier molecular flexibility index (Phi) is 4.01. The third-order valence-electron chi connectivity index (χ3n) is 3.31. The minimum atomic E-state index is -0.556. The number of nitrogens with zero attached hydrogens (tertiary/aromatic N) is 1. The summed E-state index contributed by atoms with van der Waals surface area (Å²) in [5.41, 5.74) is 0.476. The monoisotopic (exact) mass is 343 g/mol. The number of rotatable bonds is 3. The molecule has 0 saturated heterocycles. The van der Waals surface area contributed by atoms with E-state index in [0.717, 1.165) is 0 Å². The van der Waals surface area contributed by atoms with E-state index in [1.54, 1.807) is 18.2 Å². The number of amides is 1. The van der Waals surface area contributed by atoms with Crippen LogP contribution >= 0.6 is 11.6 Å². The van der Waals surface area contributed by atoms with E-state index in [0.29, 0.717) is 21.7 Å². The maximum atomic E-state index is 12.3. The number of benzene rings is 2. The molecule has 1 amide bonds. The minimum Gasteiger partial charge on any atom is -0.438 e. The fourth-order valence-electron chi connectivity index (χ4n) is 2.14. The summed E-state index contributed by atoms with van der Waals surface area (Å²) in [4.78, 5) is 22.4. The lowest BCUT2D eigenvalue weighted by atomic mass is 10.1. The predicted molar refractivity (Wildman–Crippen MR) is 88.1 cm³/mol. The lowest BCUT2D eigenvalue weighted by Crippen LogP contribution is -2.20. The Labute approximate surface area is 140 Å². The molecule has 0 saturated carbocycles. The van der Waals surface area contributed by atoms with Crippen molar-refractivity contribution in [3.8, 4) is 0 Å². The van der Waals surface area contributed by atoms with Crippen LogP contribution < -0.4 is 10.9 Å². The second kappa shape index (κ2) is 6.13. The SMILES string of the molecule is N=c1oc2ccc(Cl)cc2cc1C(=O)Nc1ccc([N+](=O)[O-])cc1. The van der Waals surface area contributed by atoms with Crippen molar-refractivity contribution in [2.24, 2.45) is 0 Å².